The van der Waals surface area contributed by atoms with Gasteiger partial charge in [-0.3, -0.25) is 10.2 Å². The summed E-state index contributed by atoms with van der Waals surface area (Å²) in [5, 5.41) is 12.9. The van der Waals surface area contributed by atoms with E-state index in [1.54, 1.807) is 13.8 Å². The van der Waals surface area contributed by atoms with Gasteiger partial charge in [-0.2, -0.15) is 18.4 Å². The van der Waals surface area contributed by atoms with E-state index >= 15 is 0 Å². The largest absolute Gasteiger partial charge is 0.401 e. The molecule has 0 aromatic rings. The van der Waals surface area contributed by atoms with Gasteiger partial charge in [0, 0.05) is 18.6 Å². The fourth-order valence-electron chi connectivity index (χ4n) is 2.59. The molecule has 2 aliphatic rings. The van der Waals surface area contributed by atoms with E-state index in [2.05, 4.69) is 11.4 Å². The molecule has 6 heteroatoms. The van der Waals surface area contributed by atoms with Crippen molar-refractivity contribution in [2.45, 2.75) is 63.3 Å². The van der Waals surface area contributed by atoms with Crippen molar-refractivity contribution in [2.75, 3.05) is 13.1 Å². The van der Waals surface area contributed by atoms with E-state index in [9.17, 15) is 18.4 Å². The zero-order valence-electron chi connectivity index (χ0n) is 12.0. The van der Waals surface area contributed by atoms with Crippen LogP contribution in [-0.2, 0) is 0 Å². The van der Waals surface area contributed by atoms with E-state index in [-0.39, 0.29) is 18.5 Å². The minimum Gasteiger partial charge on any atom is -0.295 e. The van der Waals surface area contributed by atoms with Crippen molar-refractivity contribution in [3.63, 3.8) is 0 Å². The highest BCUT2D eigenvalue weighted by Crippen LogP contribution is 2.42. The van der Waals surface area contributed by atoms with Gasteiger partial charge in [-0.25, -0.2) is 0 Å². The van der Waals surface area contributed by atoms with Crippen molar-refractivity contribution in [3.8, 4) is 6.07 Å². The van der Waals surface area contributed by atoms with Crippen LogP contribution >= 0.6 is 0 Å². The van der Waals surface area contributed by atoms with Crippen LogP contribution in [-0.4, -0.2) is 41.8 Å². The summed E-state index contributed by atoms with van der Waals surface area (Å²) in [6, 6.07) is 2.38. The lowest BCUT2D eigenvalue weighted by Gasteiger charge is -2.37. The molecule has 3 nitrogen and oxygen atoms in total. The highest BCUT2D eigenvalue weighted by Gasteiger charge is 2.50. The number of nitrogens with one attached hydrogen (secondary N) is 1. The molecule has 1 atom stereocenters. The number of alkyl halides is 3. The van der Waals surface area contributed by atoms with Gasteiger partial charge in [0.15, 0.2) is 0 Å². The smallest absolute Gasteiger partial charge is 0.295 e. The van der Waals surface area contributed by atoms with E-state index in [4.69, 9.17) is 0 Å². The quantitative estimate of drug-likeness (QED) is 0.783. The molecule has 0 amide bonds. The van der Waals surface area contributed by atoms with Gasteiger partial charge in [-0.15, -0.1) is 0 Å². The predicted molar refractivity (Wildman–Crippen MR) is 70.0 cm³/mol. The minimum atomic E-state index is -4.23. The summed E-state index contributed by atoms with van der Waals surface area (Å²) in [5.41, 5.74) is -0.809. The number of nitrogens with zero attached hydrogens (tertiary/aromatic N) is 2. The van der Waals surface area contributed by atoms with Crippen molar-refractivity contribution in [3.05, 3.63) is 0 Å². The van der Waals surface area contributed by atoms with Gasteiger partial charge in [0.1, 0.15) is 5.54 Å². The maximum atomic E-state index is 12.7. The molecular weight excluding hydrogens is 267 g/mol. The molecule has 2 aliphatic carbocycles. The second-order valence-electron chi connectivity index (χ2n) is 6.39. The number of rotatable bonds is 7. The Hall–Kier alpha value is -0.800. The van der Waals surface area contributed by atoms with Gasteiger partial charge in [0.2, 0.25) is 0 Å². The minimum absolute atomic E-state index is 0.155. The maximum absolute atomic E-state index is 12.7. The average molecular weight is 289 g/mol. The van der Waals surface area contributed by atoms with Gasteiger partial charge in [-0.1, -0.05) is 0 Å². The van der Waals surface area contributed by atoms with E-state index in [1.165, 1.54) is 4.90 Å². The Kier molecular flexibility index (Phi) is 4.31. The first kappa shape index (κ1) is 15.6. The van der Waals surface area contributed by atoms with Crippen molar-refractivity contribution in [2.24, 2.45) is 5.92 Å². The van der Waals surface area contributed by atoms with E-state index < -0.39 is 18.3 Å². The Morgan fingerprint density at radius 3 is 2.15 bits per heavy atom. The zero-order valence-corrected chi connectivity index (χ0v) is 12.0. The summed E-state index contributed by atoms with van der Waals surface area (Å²) in [4.78, 5) is 1.37. The van der Waals surface area contributed by atoms with Crippen LogP contribution in [0.2, 0.25) is 0 Å². The molecule has 0 saturated heterocycles. The zero-order chi connectivity index (χ0) is 15.0. The highest BCUT2D eigenvalue weighted by molar-refractivity contribution is 5.18. The Labute approximate surface area is 118 Å². The predicted octanol–water partition coefficient (Wildman–Crippen LogP) is 2.68. The Bertz CT molecular complexity index is 380. The monoisotopic (exact) mass is 289 g/mol. The lowest BCUT2D eigenvalue weighted by molar-refractivity contribution is -0.151. The Morgan fingerprint density at radius 1 is 1.20 bits per heavy atom. The first-order valence-corrected chi connectivity index (χ1v) is 7.25. The number of hydrogen-bond donors (Lipinski definition) is 1. The third-order valence-corrected chi connectivity index (χ3v) is 4.08. The van der Waals surface area contributed by atoms with E-state index in [1.807, 2.05) is 0 Å². The summed E-state index contributed by atoms with van der Waals surface area (Å²) < 4.78 is 38.1. The number of halogens is 3. The molecule has 0 heterocycles. The van der Waals surface area contributed by atoms with Crippen LogP contribution in [0, 0.1) is 17.2 Å². The molecule has 114 valence electrons. The SMILES string of the molecule is CC(C)N(CC(F)(F)F)CC(C#N)(NC1CC1)C1CC1. The fourth-order valence-corrected chi connectivity index (χ4v) is 2.59. The summed E-state index contributed by atoms with van der Waals surface area (Å²) in [7, 11) is 0. The molecule has 0 aromatic carbocycles. The molecule has 0 bridgehead atoms. The van der Waals surface area contributed by atoms with Crippen molar-refractivity contribution in [1.29, 1.82) is 5.26 Å². The number of nitriles is 1. The third-order valence-electron chi connectivity index (χ3n) is 4.08. The standard InChI is InChI=1S/C14H22F3N3/c1-10(2)20(9-14(15,16)17)8-13(7-18,11-3-4-11)19-12-5-6-12/h10-12,19H,3-6,8-9H2,1-2H3. The molecular formula is C14H22F3N3. The van der Waals surface area contributed by atoms with Crippen LogP contribution in [0.25, 0.3) is 0 Å². The first-order chi connectivity index (χ1) is 9.26. The average Bonchev–Trinajstić information content (AvgIpc) is 3.17. The fraction of sp³-hybridized carbons (Fsp3) is 0.929. The summed E-state index contributed by atoms with van der Waals surface area (Å²) in [5.74, 6) is 0.197. The highest BCUT2D eigenvalue weighted by atomic mass is 19.4. The molecule has 1 unspecified atom stereocenters. The van der Waals surface area contributed by atoms with Crippen LogP contribution < -0.4 is 5.32 Å². The topological polar surface area (TPSA) is 39.1 Å². The van der Waals surface area contributed by atoms with Gasteiger partial charge in [0.25, 0.3) is 0 Å². The molecule has 20 heavy (non-hydrogen) atoms. The Morgan fingerprint density at radius 2 is 1.80 bits per heavy atom. The van der Waals surface area contributed by atoms with E-state index in [0.29, 0.717) is 6.04 Å². The van der Waals surface area contributed by atoms with E-state index in [0.717, 1.165) is 25.7 Å². The van der Waals surface area contributed by atoms with Crippen LogP contribution in [0.1, 0.15) is 39.5 Å². The molecule has 2 saturated carbocycles. The van der Waals surface area contributed by atoms with Crippen molar-refractivity contribution >= 4 is 0 Å². The molecule has 0 spiro atoms. The van der Waals surface area contributed by atoms with Crippen LogP contribution in [0.15, 0.2) is 0 Å². The van der Waals surface area contributed by atoms with Crippen LogP contribution in [0.4, 0.5) is 13.2 Å². The molecule has 2 fully saturated rings. The molecule has 0 radical (unpaired) electrons. The van der Waals surface area contributed by atoms with Crippen LogP contribution in [0.5, 0.6) is 0 Å². The summed E-state index contributed by atoms with van der Waals surface area (Å²) in [6.07, 6.45) is -0.306. The Balaban J connectivity index is 2.09. The summed E-state index contributed by atoms with van der Waals surface area (Å²) in [6.45, 7) is 2.70. The summed E-state index contributed by atoms with van der Waals surface area (Å²) >= 11 is 0. The molecule has 2 rings (SSSR count). The second kappa shape index (κ2) is 5.53. The first-order valence-electron chi connectivity index (χ1n) is 7.25. The van der Waals surface area contributed by atoms with Crippen molar-refractivity contribution < 1.29 is 13.2 Å². The molecule has 0 aliphatic heterocycles. The maximum Gasteiger partial charge on any atom is 0.401 e. The van der Waals surface area contributed by atoms with Gasteiger partial charge in [-0.05, 0) is 45.4 Å². The molecule has 0 aromatic heterocycles. The number of hydrogen-bond acceptors (Lipinski definition) is 3. The molecule has 1 N–H and O–H groups in total. The van der Waals surface area contributed by atoms with Gasteiger partial charge < -0.3 is 0 Å². The van der Waals surface area contributed by atoms with Gasteiger partial charge in [0.05, 0.1) is 12.6 Å². The van der Waals surface area contributed by atoms with Gasteiger partial charge >= 0.3 is 6.18 Å². The lowest BCUT2D eigenvalue weighted by Crippen LogP contribution is -2.57. The van der Waals surface area contributed by atoms with Crippen LogP contribution in [0.3, 0.4) is 0 Å². The van der Waals surface area contributed by atoms with Crippen molar-refractivity contribution in [1.82, 2.24) is 10.2 Å². The second-order valence-corrected chi connectivity index (χ2v) is 6.39. The third kappa shape index (κ3) is 4.10. The normalized spacial score (nSPS) is 22.9. The lowest BCUT2D eigenvalue weighted by atomic mass is 9.93.